The van der Waals surface area contributed by atoms with E-state index in [0.29, 0.717) is 5.56 Å². The first-order valence-corrected chi connectivity index (χ1v) is 9.41. The van der Waals surface area contributed by atoms with Gasteiger partial charge in [-0.3, -0.25) is 0 Å². The van der Waals surface area contributed by atoms with Gasteiger partial charge in [0.1, 0.15) is 5.60 Å². The van der Waals surface area contributed by atoms with Crippen LogP contribution in [0.25, 0.3) is 6.08 Å². The van der Waals surface area contributed by atoms with E-state index >= 15 is 0 Å². The Balaban J connectivity index is 2.18. The Morgan fingerprint density at radius 2 is 1.79 bits per heavy atom. The molecule has 0 amide bonds. The van der Waals surface area contributed by atoms with Crippen molar-refractivity contribution in [3.63, 3.8) is 0 Å². The molecule has 2 rings (SSSR count). The van der Waals surface area contributed by atoms with E-state index in [1.807, 2.05) is 0 Å². The molecule has 1 heterocycles. The van der Waals surface area contributed by atoms with Crippen molar-refractivity contribution in [2.24, 2.45) is 0 Å². The van der Waals surface area contributed by atoms with Crippen LogP contribution in [0, 0.1) is 0 Å². The van der Waals surface area contributed by atoms with Gasteiger partial charge in [-0.2, -0.15) is 0 Å². The fourth-order valence-electron chi connectivity index (χ4n) is 1.87. The van der Waals surface area contributed by atoms with E-state index in [1.165, 1.54) is 36.7 Å². The molecule has 0 radical (unpaired) electrons. The van der Waals surface area contributed by atoms with Gasteiger partial charge in [-0.25, -0.2) is 17.2 Å². The first-order chi connectivity index (χ1) is 11.1. The third kappa shape index (κ3) is 4.82. The largest absolute Gasteiger partial charge is 0.457 e. The van der Waals surface area contributed by atoms with E-state index in [1.54, 1.807) is 39.0 Å². The van der Waals surface area contributed by atoms with Crippen molar-refractivity contribution in [2.45, 2.75) is 31.3 Å². The maximum absolute atomic E-state index is 12.5. The topological polar surface area (TPSA) is 65.4 Å². The Morgan fingerprint density at radius 3 is 2.38 bits per heavy atom. The molecule has 0 spiro atoms. The molecule has 0 N–H and O–H groups in total. The molecular weight excluding hydrogens is 394 g/mol. The fraction of sp³-hybridized carbons (Fsp3) is 0.235. The maximum Gasteiger partial charge on any atom is 0.331 e. The Morgan fingerprint density at radius 1 is 1.17 bits per heavy atom. The van der Waals surface area contributed by atoms with Crippen molar-refractivity contribution in [1.29, 1.82) is 0 Å². The van der Waals surface area contributed by atoms with E-state index in [9.17, 15) is 13.2 Å². The summed E-state index contributed by atoms with van der Waals surface area (Å²) in [5.74, 6) is -0.481. The molecule has 1 aromatic heterocycles. The minimum atomic E-state index is -3.66. The molecule has 0 saturated carbocycles. The minimum Gasteiger partial charge on any atom is -0.457 e. The highest BCUT2D eigenvalue weighted by atomic mass is 79.9. The van der Waals surface area contributed by atoms with Gasteiger partial charge in [0, 0.05) is 22.9 Å². The minimum absolute atomic E-state index is 0.184. The van der Waals surface area contributed by atoms with Crippen LogP contribution in [0.5, 0.6) is 0 Å². The quantitative estimate of drug-likeness (QED) is 0.566. The Labute approximate surface area is 150 Å². The molecule has 0 bridgehead atoms. The average molecular weight is 412 g/mol. The van der Waals surface area contributed by atoms with Gasteiger partial charge in [-0.1, -0.05) is 15.9 Å². The summed E-state index contributed by atoms with van der Waals surface area (Å²) in [6, 6.07) is 7.99. The Kier molecular flexibility index (Phi) is 5.35. The lowest BCUT2D eigenvalue weighted by atomic mass is 10.2. The second kappa shape index (κ2) is 6.94. The Hall–Kier alpha value is -1.86. The van der Waals surface area contributed by atoms with Crippen molar-refractivity contribution in [2.75, 3.05) is 0 Å². The van der Waals surface area contributed by atoms with E-state index in [2.05, 4.69) is 15.9 Å². The van der Waals surface area contributed by atoms with Crippen molar-refractivity contribution in [1.82, 2.24) is 3.97 Å². The third-order valence-corrected chi connectivity index (χ3v) is 5.08. The number of aromatic nitrogens is 1. The summed E-state index contributed by atoms with van der Waals surface area (Å²) in [6.45, 7) is 5.33. The number of nitrogens with zero attached hydrogens (tertiary/aromatic N) is 1. The molecule has 0 aliphatic rings. The normalized spacial score (nSPS) is 12.5. The molecule has 7 heteroatoms. The van der Waals surface area contributed by atoms with Gasteiger partial charge in [0.2, 0.25) is 0 Å². The molecule has 0 aliphatic heterocycles. The number of rotatable bonds is 4. The molecule has 128 valence electrons. The highest BCUT2D eigenvalue weighted by molar-refractivity contribution is 9.10. The van der Waals surface area contributed by atoms with Crippen molar-refractivity contribution in [3.05, 3.63) is 58.8 Å². The lowest BCUT2D eigenvalue weighted by molar-refractivity contribution is -0.148. The molecule has 1 aromatic carbocycles. The van der Waals surface area contributed by atoms with Gasteiger partial charge in [-0.05, 0) is 62.7 Å². The number of esters is 1. The fourth-order valence-corrected chi connectivity index (χ4v) is 3.34. The number of benzene rings is 1. The van der Waals surface area contributed by atoms with Gasteiger partial charge in [0.15, 0.2) is 0 Å². The van der Waals surface area contributed by atoms with Crippen LogP contribution in [0.3, 0.4) is 0 Å². The number of carbonyl (C=O) groups excluding carboxylic acids is 1. The van der Waals surface area contributed by atoms with Gasteiger partial charge < -0.3 is 4.74 Å². The number of hydrogen-bond acceptors (Lipinski definition) is 4. The van der Waals surface area contributed by atoms with Crippen molar-refractivity contribution in [3.8, 4) is 0 Å². The van der Waals surface area contributed by atoms with Crippen LogP contribution in [-0.2, 0) is 19.6 Å². The van der Waals surface area contributed by atoms with Crippen molar-refractivity contribution < 1.29 is 17.9 Å². The van der Waals surface area contributed by atoms with Crippen LogP contribution in [0.15, 0.2) is 58.2 Å². The summed E-state index contributed by atoms with van der Waals surface area (Å²) >= 11 is 3.27. The number of halogens is 1. The van der Waals surface area contributed by atoms with E-state index in [0.717, 1.165) is 8.45 Å². The average Bonchev–Trinajstić information content (AvgIpc) is 2.93. The monoisotopic (exact) mass is 411 g/mol. The summed E-state index contributed by atoms with van der Waals surface area (Å²) < 4.78 is 32.1. The van der Waals surface area contributed by atoms with Gasteiger partial charge in [0.25, 0.3) is 10.0 Å². The maximum atomic E-state index is 12.5. The number of carbonyl (C=O) groups is 1. The molecule has 0 saturated heterocycles. The predicted molar refractivity (Wildman–Crippen MR) is 96.0 cm³/mol. The molecule has 5 nitrogen and oxygen atoms in total. The lowest BCUT2D eigenvalue weighted by Crippen LogP contribution is -2.22. The first kappa shape index (κ1) is 18.5. The first-order valence-electron chi connectivity index (χ1n) is 7.18. The molecule has 0 unspecified atom stereocenters. The van der Waals surface area contributed by atoms with Crippen molar-refractivity contribution >= 4 is 38.0 Å². The molecule has 2 aromatic rings. The number of ether oxygens (including phenoxy) is 1. The van der Waals surface area contributed by atoms with Gasteiger partial charge in [0.05, 0.1) is 4.90 Å². The molecule has 24 heavy (non-hydrogen) atoms. The summed E-state index contributed by atoms with van der Waals surface area (Å²) in [5.41, 5.74) is 0.0136. The number of hydrogen-bond donors (Lipinski definition) is 0. The zero-order valence-electron chi connectivity index (χ0n) is 13.6. The highest BCUT2D eigenvalue weighted by Gasteiger charge is 2.17. The second-order valence-electron chi connectivity index (χ2n) is 6.10. The molecule has 0 aliphatic carbocycles. The standard InChI is InChI=1S/C17H18BrNO4S/c1-17(2,3)23-16(20)9-4-13-10-11-19(12-13)24(21,22)15-7-5-14(18)6-8-15/h4-12H,1-3H3/b9-4+. The van der Waals surface area contributed by atoms with Crippen LogP contribution < -0.4 is 0 Å². The lowest BCUT2D eigenvalue weighted by Gasteiger charge is -2.17. The molecule has 0 fully saturated rings. The van der Waals surface area contributed by atoms with Crippen LogP contribution in [0.1, 0.15) is 26.3 Å². The third-order valence-electron chi connectivity index (χ3n) is 2.90. The summed E-state index contributed by atoms with van der Waals surface area (Å²) in [6.07, 6.45) is 5.67. The Bertz CT molecular complexity index is 859. The highest BCUT2D eigenvalue weighted by Crippen LogP contribution is 2.19. The second-order valence-corrected chi connectivity index (χ2v) is 8.86. The summed E-state index contributed by atoms with van der Waals surface area (Å²) in [7, 11) is -3.66. The van der Waals surface area contributed by atoms with Gasteiger partial charge in [-0.15, -0.1) is 0 Å². The van der Waals surface area contributed by atoms with E-state index in [4.69, 9.17) is 4.74 Å². The van der Waals surface area contributed by atoms with E-state index < -0.39 is 21.6 Å². The zero-order valence-corrected chi connectivity index (χ0v) is 16.0. The van der Waals surface area contributed by atoms with Crippen LogP contribution in [0.4, 0.5) is 0 Å². The van der Waals surface area contributed by atoms with Gasteiger partial charge >= 0.3 is 5.97 Å². The predicted octanol–water partition coefficient (Wildman–Crippen LogP) is 3.84. The van der Waals surface area contributed by atoms with Crippen LogP contribution in [0.2, 0.25) is 0 Å². The summed E-state index contributed by atoms with van der Waals surface area (Å²) in [5, 5.41) is 0. The molecular formula is C17H18BrNO4S. The smallest absolute Gasteiger partial charge is 0.331 e. The van der Waals surface area contributed by atoms with E-state index in [-0.39, 0.29) is 4.90 Å². The SMILES string of the molecule is CC(C)(C)OC(=O)/C=C/c1ccn(S(=O)(=O)c2ccc(Br)cc2)c1. The van der Waals surface area contributed by atoms with Crippen LogP contribution >= 0.6 is 15.9 Å². The zero-order chi connectivity index (χ0) is 18.0. The summed E-state index contributed by atoms with van der Waals surface area (Å²) in [4.78, 5) is 11.8. The van der Waals surface area contributed by atoms with Crippen LogP contribution in [-0.4, -0.2) is 24.0 Å². The molecule has 0 atom stereocenters.